The number of carbonyl (C=O) groups is 1. The first-order chi connectivity index (χ1) is 9.36. The Morgan fingerprint density at radius 2 is 1.95 bits per heavy atom. The predicted molar refractivity (Wildman–Crippen MR) is 91.8 cm³/mol. The summed E-state index contributed by atoms with van der Waals surface area (Å²) in [5.41, 5.74) is 6.71. The van der Waals surface area contributed by atoms with Crippen molar-refractivity contribution in [3.63, 3.8) is 0 Å². The van der Waals surface area contributed by atoms with Gasteiger partial charge in [-0.25, -0.2) is 0 Å². The Labute approximate surface area is 143 Å². The average molecular weight is 470 g/mol. The third-order valence-electron chi connectivity index (χ3n) is 3.38. The molecule has 0 radical (unpaired) electrons. The summed E-state index contributed by atoms with van der Waals surface area (Å²) in [6.07, 6.45) is 0. The summed E-state index contributed by atoms with van der Waals surface area (Å²) >= 11 is 10.3. The average Bonchev–Trinajstić information content (AvgIpc) is 2.63. The zero-order valence-electron chi connectivity index (χ0n) is 11.0. The van der Waals surface area contributed by atoms with Crippen molar-refractivity contribution in [2.75, 3.05) is 25.0 Å². The van der Waals surface area contributed by atoms with E-state index in [1.807, 2.05) is 12.1 Å². The second-order valence-corrected chi connectivity index (χ2v) is 7.75. The van der Waals surface area contributed by atoms with Crippen molar-refractivity contribution in [3.05, 3.63) is 25.6 Å². The molecule has 3 N–H and O–H groups in total. The van der Waals surface area contributed by atoms with Gasteiger partial charge in [-0.1, -0.05) is 22.9 Å². The van der Waals surface area contributed by atoms with E-state index in [9.17, 15) is 4.79 Å². The van der Waals surface area contributed by atoms with Gasteiger partial charge in [0.1, 0.15) is 0 Å². The van der Waals surface area contributed by atoms with Crippen molar-refractivity contribution in [1.29, 1.82) is 0 Å². The van der Waals surface area contributed by atoms with Crippen LogP contribution in [0.2, 0.25) is 0 Å². The van der Waals surface area contributed by atoms with Gasteiger partial charge in [-0.05, 0) is 49.9 Å². The van der Waals surface area contributed by atoms with E-state index >= 15 is 0 Å². The maximum Gasteiger partial charge on any atom is 0.238 e. The van der Waals surface area contributed by atoms with Gasteiger partial charge in [0.05, 0.1) is 12.2 Å². The predicted octanol–water partition coefficient (Wildman–Crippen LogP) is 3.19. The normalized spacial score (nSPS) is 23.1. The highest BCUT2D eigenvalue weighted by molar-refractivity contribution is 9.11. The molecule has 4 nitrogen and oxygen atoms in total. The van der Waals surface area contributed by atoms with Gasteiger partial charge < -0.3 is 11.1 Å². The molecule has 1 aliphatic heterocycles. The first-order valence-corrected chi connectivity index (χ1v) is 8.67. The number of halogens is 3. The lowest BCUT2D eigenvalue weighted by Gasteiger charge is -2.16. The zero-order chi connectivity index (χ0) is 14.9. The van der Waals surface area contributed by atoms with Crippen LogP contribution < -0.4 is 11.1 Å². The molecule has 0 aliphatic carbocycles. The quantitative estimate of drug-likeness (QED) is 0.714. The number of hydrogen-bond donors (Lipinski definition) is 2. The van der Waals surface area contributed by atoms with Gasteiger partial charge in [0.15, 0.2) is 0 Å². The van der Waals surface area contributed by atoms with Crippen LogP contribution in [0.5, 0.6) is 0 Å². The molecule has 1 heterocycles. The summed E-state index contributed by atoms with van der Waals surface area (Å²) in [5, 5.41) is 2.93. The maximum absolute atomic E-state index is 12.1. The van der Waals surface area contributed by atoms with E-state index < -0.39 is 0 Å². The number of anilines is 1. The van der Waals surface area contributed by atoms with Crippen LogP contribution >= 0.6 is 47.8 Å². The molecule has 1 saturated heterocycles. The van der Waals surface area contributed by atoms with Crippen LogP contribution in [0, 0.1) is 5.92 Å². The van der Waals surface area contributed by atoms with Crippen LogP contribution in [0.25, 0.3) is 0 Å². The lowest BCUT2D eigenvalue weighted by atomic mass is 10.1. The lowest BCUT2D eigenvalue weighted by Crippen LogP contribution is -2.33. The fraction of sp³-hybridized carbons (Fsp3) is 0.462. The first kappa shape index (κ1) is 16.4. The third kappa shape index (κ3) is 4.04. The monoisotopic (exact) mass is 467 g/mol. The van der Waals surface area contributed by atoms with Crippen molar-refractivity contribution in [2.45, 2.75) is 13.0 Å². The molecule has 20 heavy (non-hydrogen) atoms. The third-order valence-corrected chi connectivity index (χ3v) is 5.09. The van der Waals surface area contributed by atoms with Crippen LogP contribution in [-0.4, -0.2) is 36.5 Å². The molecule has 0 aromatic heterocycles. The molecule has 0 bridgehead atoms. The Morgan fingerprint density at radius 3 is 2.45 bits per heavy atom. The summed E-state index contributed by atoms with van der Waals surface area (Å²) in [7, 11) is 0. The number of nitrogens with zero attached hydrogens (tertiary/aromatic N) is 1. The summed E-state index contributed by atoms with van der Waals surface area (Å²) in [4.78, 5) is 14.2. The number of benzene rings is 1. The van der Waals surface area contributed by atoms with Gasteiger partial charge in [0.25, 0.3) is 0 Å². The number of likely N-dealkylation sites (tertiary alicyclic amines) is 1. The minimum Gasteiger partial charge on any atom is -0.326 e. The van der Waals surface area contributed by atoms with Gasteiger partial charge in [-0.3, -0.25) is 9.69 Å². The van der Waals surface area contributed by atoms with Gasteiger partial charge in [-0.15, -0.1) is 0 Å². The molecule has 2 unspecified atom stereocenters. The van der Waals surface area contributed by atoms with Crippen LogP contribution in [0.4, 0.5) is 5.69 Å². The molecule has 110 valence electrons. The molecule has 1 aliphatic rings. The molecule has 1 aromatic carbocycles. The van der Waals surface area contributed by atoms with E-state index in [2.05, 4.69) is 64.9 Å². The van der Waals surface area contributed by atoms with Crippen LogP contribution in [0.15, 0.2) is 25.6 Å². The Balaban J connectivity index is 1.99. The summed E-state index contributed by atoms with van der Waals surface area (Å²) in [6, 6.07) is 3.96. The highest BCUT2D eigenvalue weighted by atomic mass is 79.9. The van der Waals surface area contributed by atoms with E-state index in [-0.39, 0.29) is 11.9 Å². The minimum atomic E-state index is -0.0324. The number of rotatable bonds is 3. The van der Waals surface area contributed by atoms with Crippen LogP contribution in [0.3, 0.4) is 0 Å². The van der Waals surface area contributed by atoms with Crippen molar-refractivity contribution in [1.82, 2.24) is 4.90 Å². The highest BCUT2D eigenvalue weighted by Gasteiger charge is 2.27. The van der Waals surface area contributed by atoms with Crippen molar-refractivity contribution >= 4 is 59.4 Å². The van der Waals surface area contributed by atoms with Gasteiger partial charge in [0, 0.05) is 32.5 Å². The largest absolute Gasteiger partial charge is 0.326 e. The SMILES string of the molecule is CC1CN(CC(=O)Nc2c(Br)cc(Br)cc2Br)CC1N. The Morgan fingerprint density at radius 1 is 1.35 bits per heavy atom. The molecule has 7 heteroatoms. The lowest BCUT2D eigenvalue weighted by molar-refractivity contribution is -0.117. The Kier molecular flexibility index (Phi) is 5.64. The maximum atomic E-state index is 12.1. The standard InChI is InChI=1S/C13H16Br3N3O/c1-7-4-19(5-11(7)17)6-12(20)18-13-9(15)2-8(14)3-10(13)16/h2-3,7,11H,4-6,17H2,1H3,(H,18,20). The molecule has 2 rings (SSSR count). The number of hydrogen-bond acceptors (Lipinski definition) is 3. The molecule has 1 aromatic rings. The van der Waals surface area contributed by atoms with E-state index in [0.29, 0.717) is 12.5 Å². The number of amides is 1. The molecular formula is C13H16Br3N3O. The molecule has 1 amide bonds. The first-order valence-electron chi connectivity index (χ1n) is 6.29. The van der Waals surface area contributed by atoms with Crippen LogP contribution in [0.1, 0.15) is 6.92 Å². The topological polar surface area (TPSA) is 58.4 Å². The second-order valence-electron chi connectivity index (χ2n) is 5.13. The molecule has 2 atom stereocenters. The number of carbonyl (C=O) groups excluding carboxylic acids is 1. The summed E-state index contributed by atoms with van der Waals surface area (Å²) in [6.45, 7) is 4.13. The van der Waals surface area contributed by atoms with E-state index in [4.69, 9.17) is 5.73 Å². The Bertz CT molecular complexity index is 491. The molecular weight excluding hydrogens is 454 g/mol. The molecule has 1 fully saturated rings. The number of nitrogens with two attached hydrogens (primary N) is 1. The fourth-order valence-corrected chi connectivity index (χ4v) is 4.72. The van der Waals surface area contributed by atoms with Gasteiger partial charge in [-0.2, -0.15) is 0 Å². The van der Waals surface area contributed by atoms with Gasteiger partial charge in [0.2, 0.25) is 5.91 Å². The Hall–Kier alpha value is 0.0500. The van der Waals surface area contributed by atoms with E-state index in [0.717, 1.165) is 32.2 Å². The summed E-state index contributed by atoms with van der Waals surface area (Å²) < 4.78 is 2.60. The summed E-state index contributed by atoms with van der Waals surface area (Å²) in [5.74, 6) is 0.406. The second kappa shape index (κ2) is 6.87. The zero-order valence-corrected chi connectivity index (χ0v) is 15.8. The van der Waals surface area contributed by atoms with Crippen molar-refractivity contribution in [3.8, 4) is 0 Å². The van der Waals surface area contributed by atoms with Crippen molar-refractivity contribution < 1.29 is 4.79 Å². The van der Waals surface area contributed by atoms with Gasteiger partial charge >= 0.3 is 0 Å². The van der Waals surface area contributed by atoms with E-state index in [1.54, 1.807) is 0 Å². The van der Waals surface area contributed by atoms with Crippen molar-refractivity contribution in [2.24, 2.45) is 11.7 Å². The highest BCUT2D eigenvalue weighted by Crippen LogP contribution is 2.34. The smallest absolute Gasteiger partial charge is 0.238 e. The van der Waals surface area contributed by atoms with E-state index in [1.165, 1.54) is 0 Å². The number of nitrogens with one attached hydrogen (secondary N) is 1. The fourth-order valence-electron chi connectivity index (χ4n) is 2.27. The molecule has 0 spiro atoms. The minimum absolute atomic E-state index is 0.0324. The molecule has 0 saturated carbocycles. The van der Waals surface area contributed by atoms with Crippen LogP contribution in [-0.2, 0) is 4.79 Å².